The van der Waals surface area contributed by atoms with Crippen molar-refractivity contribution in [1.82, 2.24) is 5.32 Å². The van der Waals surface area contributed by atoms with E-state index >= 15 is 0 Å². The van der Waals surface area contributed by atoms with Crippen molar-refractivity contribution in [1.29, 1.82) is 0 Å². The Kier molecular flexibility index (Phi) is 6.48. The smallest absolute Gasteiger partial charge is 0.419 e. The lowest BCUT2D eigenvalue weighted by Gasteiger charge is -2.22. The topological polar surface area (TPSA) is 101 Å². The minimum Gasteiger partial charge on any atom is -0.457 e. The molecular weight excluding hydrogens is 298 g/mol. The van der Waals surface area contributed by atoms with Crippen LogP contribution in [0.2, 0.25) is 0 Å². The van der Waals surface area contributed by atoms with Crippen LogP contribution < -0.4 is 5.32 Å². The van der Waals surface area contributed by atoms with Gasteiger partial charge in [0.05, 0.1) is 6.61 Å². The van der Waals surface area contributed by atoms with Crippen LogP contribution in [-0.2, 0) is 14.3 Å². The van der Waals surface area contributed by atoms with Gasteiger partial charge in [0.15, 0.2) is 6.04 Å². The number of carbonyl (C=O) groups is 2. The number of nitrogens with zero attached hydrogens (tertiary/aromatic N) is 2. The summed E-state index contributed by atoms with van der Waals surface area (Å²) in [6, 6.07) is 7.64. The lowest BCUT2D eigenvalue weighted by Crippen LogP contribution is -2.41. The molecule has 1 rings (SSSR count). The zero-order valence-electron chi connectivity index (χ0n) is 13.7. The van der Waals surface area contributed by atoms with E-state index in [1.54, 1.807) is 58.0 Å². The highest BCUT2D eigenvalue weighted by Gasteiger charge is 2.36. The fourth-order valence-corrected chi connectivity index (χ4v) is 1.80. The number of ether oxygens (including phenoxy) is 2. The number of nitrogens with one attached hydrogen (secondary N) is 1. The van der Waals surface area contributed by atoms with Gasteiger partial charge in [0, 0.05) is 0 Å². The second kappa shape index (κ2) is 8.10. The van der Waals surface area contributed by atoms with Crippen LogP contribution in [0.4, 0.5) is 4.79 Å². The molecule has 0 saturated heterocycles. The van der Waals surface area contributed by atoms with E-state index in [-0.39, 0.29) is 12.3 Å². The van der Waals surface area contributed by atoms with Crippen molar-refractivity contribution in [3.8, 4) is 0 Å². The molecule has 23 heavy (non-hydrogen) atoms. The van der Waals surface area contributed by atoms with E-state index < -0.39 is 23.7 Å². The number of hydrogen-bond acceptors (Lipinski definition) is 4. The predicted octanol–water partition coefficient (Wildman–Crippen LogP) is 2.49. The van der Waals surface area contributed by atoms with Crippen molar-refractivity contribution in [3.63, 3.8) is 0 Å². The normalized spacial score (nSPS) is 11.8. The Hall–Kier alpha value is -2.66. The van der Waals surface area contributed by atoms with Crippen LogP contribution in [0.25, 0.3) is 5.53 Å². The van der Waals surface area contributed by atoms with Crippen molar-refractivity contribution < 1.29 is 23.9 Å². The second-order valence-electron chi connectivity index (χ2n) is 5.70. The van der Waals surface area contributed by atoms with Crippen LogP contribution in [0.1, 0.15) is 39.3 Å². The Bertz CT molecular complexity index is 602. The lowest BCUT2D eigenvalue weighted by molar-refractivity contribution is -0.140. The van der Waals surface area contributed by atoms with Gasteiger partial charge in [-0.3, -0.25) is 0 Å². The molecule has 0 aliphatic heterocycles. The van der Waals surface area contributed by atoms with Gasteiger partial charge >= 0.3 is 17.8 Å². The number of alkyl carbamates (subject to hydrolysis) is 1. The van der Waals surface area contributed by atoms with Crippen molar-refractivity contribution >= 4 is 17.8 Å². The van der Waals surface area contributed by atoms with Crippen LogP contribution in [0.15, 0.2) is 30.3 Å². The average Bonchev–Trinajstić information content (AvgIpc) is 2.46. The summed E-state index contributed by atoms with van der Waals surface area (Å²) in [6.07, 6.45) is -0.739. The Labute approximate surface area is 135 Å². The Morgan fingerprint density at radius 2 is 1.87 bits per heavy atom. The fourth-order valence-electron chi connectivity index (χ4n) is 1.80. The highest BCUT2D eigenvalue weighted by Crippen LogP contribution is 2.16. The van der Waals surface area contributed by atoms with Crippen LogP contribution >= 0.6 is 0 Å². The van der Waals surface area contributed by atoms with Gasteiger partial charge < -0.3 is 20.3 Å². The highest BCUT2D eigenvalue weighted by molar-refractivity contribution is 6.36. The maximum absolute atomic E-state index is 12.0. The molecule has 1 atom stereocenters. The summed E-state index contributed by atoms with van der Waals surface area (Å²) < 4.78 is 10.0. The summed E-state index contributed by atoms with van der Waals surface area (Å²) >= 11 is 0. The standard InChI is InChI=1S/C16H21N3O4/c1-5-22-14(20)13(19-17)12(11-9-7-6-8-10-11)18-15(21)23-16(2,3)4/h6-10,12H,5H2,1-4H3,(H,18,21)/t12-/m0/s1. The van der Waals surface area contributed by atoms with E-state index in [2.05, 4.69) is 10.1 Å². The second-order valence-corrected chi connectivity index (χ2v) is 5.70. The minimum absolute atomic E-state index is 0.117. The number of benzene rings is 1. The number of carbonyl (C=O) groups excluding carboxylic acids is 2. The molecule has 0 unspecified atom stereocenters. The summed E-state index contributed by atoms with van der Waals surface area (Å²) in [6.45, 7) is 6.90. The van der Waals surface area contributed by atoms with Crippen LogP contribution in [0.3, 0.4) is 0 Å². The van der Waals surface area contributed by atoms with Gasteiger partial charge in [0.2, 0.25) is 0 Å². The van der Waals surface area contributed by atoms with Gasteiger partial charge in [0.25, 0.3) is 0 Å². The summed E-state index contributed by atoms with van der Waals surface area (Å²) in [5.41, 5.74) is 8.72. The molecule has 1 aromatic rings. The third kappa shape index (κ3) is 5.92. The molecule has 0 aromatic heterocycles. The first-order valence-corrected chi connectivity index (χ1v) is 7.22. The zero-order chi connectivity index (χ0) is 17.5. The minimum atomic E-state index is -0.991. The van der Waals surface area contributed by atoms with Crippen LogP contribution in [0.5, 0.6) is 0 Å². The molecule has 124 valence electrons. The van der Waals surface area contributed by atoms with E-state index in [1.807, 2.05) is 0 Å². The summed E-state index contributed by atoms with van der Waals surface area (Å²) in [5.74, 6) is -0.820. The molecule has 1 amide bonds. The predicted molar refractivity (Wildman–Crippen MR) is 83.8 cm³/mol. The number of hydrogen-bond donors (Lipinski definition) is 1. The fraction of sp³-hybridized carbons (Fsp3) is 0.438. The molecule has 0 aliphatic carbocycles. The van der Waals surface area contributed by atoms with Crippen molar-refractivity contribution in [3.05, 3.63) is 41.4 Å². The van der Waals surface area contributed by atoms with Crippen molar-refractivity contribution in [2.24, 2.45) is 0 Å². The molecule has 0 saturated carbocycles. The van der Waals surface area contributed by atoms with Gasteiger partial charge in [-0.05, 0) is 33.3 Å². The molecule has 7 heteroatoms. The maximum Gasteiger partial charge on any atom is 0.419 e. The van der Waals surface area contributed by atoms with E-state index in [1.165, 1.54) is 0 Å². The molecule has 1 N–H and O–H groups in total. The first-order valence-electron chi connectivity index (χ1n) is 7.22. The SMILES string of the molecule is CCOC(=O)C(=[N+]=[N-])[C@@H](NC(=O)OC(C)(C)C)c1ccccc1. The van der Waals surface area contributed by atoms with Gasteiger partial charge in [-0.2, -0.15) is 4.79 Å². The van der Waals surface area contributed by atoms with Gasteiger partial charge in [0.1, 0.15) is 5.60 Å². The number of amides is 1. The van der Waals surface area contributed by atoms with Gasteiger partial charge in [-0.25, -0.2) is 9.59 Å². The molecule has 0 bridgehead atoms. The molecular formula is C16H21N3O4. The molecule has 0 spiro atoms. The third-order valence-electron chi connectivity index (χ3n) is 2.66. The van der Waals surface area contributed by atoms with Gasteiger partial charge in [-0.1, -0.05) is 30.3 Å². The largest absolute Gasteiger partial charge is 0.457 e. The molecule has 0 aliphatic rings. The first kappa shape index (κ1) is 18.4. The maximum atomic E-state index is 12.0. The first-order chi connectivity index (χ1) is 10.8. The summed E-state index contributed by atoms with van der Waals surface area (Å²) in [5, 5.41) is 2.53. The number of rotatable bonds is 5. The molecule has 0 fully saturated rings. The van der Waals surface area contributed by atoms with Crippen molar-refractivity contribution in [2.75, 3.05) is 6.61 Å². The molecule has 7 nitrogen and oxygen atoms in total. The Morgan fingerprint density at radius 3 is 2.35 bits per heavy atom. The Morgan fingerprint density at radius 1 is 1.26 bits per heavy atom. The molecule has 0 radical (unpaired) electrons. The molecule has 1 aromatic carbocycles. The van der Waals surface area contributed by atoms with Crippen LogP contribution in [0, 0.1) is 0 Å². The van der Waals surface area contributed by atoms with E-state index in [0.29, 0.717) is 5.56 Å². The van der Waals surface area contributed by atoms with E-state index in [4.69, 9.17) is 9.47 Å². The Balaban J connectivity index is 3.10. The molecule has 0 heterocycles. The van der Waals surface area contributed by atoms with E-state index in [0.717, 1.165) is 0 Å². The third-order valence-corrected chi connectivity index (χ3v) is 2.66. The van der Waals surface area contributed by atoms with Crippen molar-refractivity contribution in [2.45, 2.75) is 39.3 Å². The summed E-state index contributed by atoms with van der Waals surface area (Å²) in [4.78, 5) is 27.0. The highest BCUT2D eigenvalue weighted by atomic mass is 16.6. The van der Waals surface area contributed by atoms with Gasteiger partial charge in [-0.15, -0.1) is 0 Å². The zero-order valence-corrected chi connectivity index (χ0v) is 13.7. The summed E-state index contributed by atoms with van der Waals surface area (Å²) in [7, 11) is 0. The quantitative estimate of drug-likeness (QED) is 0.390. The lowest BCUT2D eigenvalue weighted by atomic mass is 10.0. The van der Waals surface area contributed by atoms with Crippen LogP contribution in [-0.4, -0.2) is 34.8 Å². The number of esters is 1. The average molecular weight is 319 g/mol. The van der Waals surface area contributed by atoms with E-state index in [9.17, 15) is 15.1 Å². The monoisotopic (exact) mass is 319 g/mol.